The molecule has 0 aromatic heterocycles. The van der Waals surface area contributed by atoms with E-state index in [9.17, 15) is 4.39 Å². The molecule has 0 bridgehead atoms. The molecule has 11 heavy (non-hydrogen) atoms. The number of halogens is 1. The first-order valence-corrected chi connectivity index (χ1v) is 3.79. The first kappa shape index (κ1) is 10.4. The Kier molecular flexibility index (Phi) is 7.05. The van der Waals surface area contributed by atoms with Crippen LogP contribution in [0.5, 0.6) is 0 Å². The van der Waals surface area contributed by atoms with E-state index in [1.807, 2.05) is 6.08 Å². The molecule has 0 spiro atoms. The maximum Gasteiger partial charge on any atom is 0.0785 e. The second kappa shape index (κ2) is 7.48. The molecule has 1 nitrogen and oxygen atoms in total. The summed E-state index contributed by atoms with van der Waals surface area (Å²) in [7, 11) is 0.500. The largest absolute Gasteiger partial charge is 0.296 e. The van der Waals surface area contributed by atoms with Crippen molar-refractivity contribution in [3.63, 3.8) is 0 Å². The molecule has 0 radical (unpaired) electrons. The van der Waals surface area contributed by atoms with Crippen LogP contribution in [0.1, 0.15) is 6.42 Å². The van der Waals surface area contributed by atoms with Crippen LogP contribution in [0.3, 0.4) is 0 Å². The molecule has 0 N–H and O–H groups in total. The van der Waals surface area contributed by atoms with Crippen LogP contribution in [-0.4, -0.2) is 31.7 Å². The second-order valence-electron chi connectivity index (χ2n) is 2.31. The monoisotopic (exact) mass is 157 g/mol. The summed E-state index contributed by atoms with van der Waals surface area (Å²) in [6.45, 7) is 7.02. The van der Waals surface area contributed by atoms with E-state index in [0.29, 0.717) is 7.18 Å². The minimum Gasteiger partial charge on any atom is -0.296 e. The lowest BCUT2D eigenvalue weighted by Gasteiger charge is -2.20. The van der Waals surface area contributed by atoms with Gasteiger partial charge < -0.3 is 0 Å². The van der Waals surface area contributed by atoms with E-state index in [4.69, 9.17) is 0 Å². The summed E-state index contributed by atoms with van der Waals surface area (Å²) < 4.78 is 9.50. The van der Waals surface area contributed by atoms with Crippen molar-refractivity contribution in [2.45, 2.75) is 6.42 Å². The highest BCUT2D eigenvalue weighted by Gasteiger charge is 2.01. The molecule has 0 fully saturated rings. The van der Waals surface area contributed by atoms with E-state index in [0.717, 1.165) is 13.1 Å². The van der Waals surface area contributed by atoms with Gasteiger partial charge in [-0.05, 0) is 6.42 Å². The van der Waals surface area contributed by atoms with Crippen molar-refractivity contribution in [1.29, 1.82) is 0 Å². The van der Waals surface area contributed by atoms with E-state index < -0.39 is 0 Å². The Morgan fingerprint density at radius 2 is 2.27 bits per heavy atom. The molecule has 0 saturated heterocycles. The minimum absolute atomic E-state index is 0.500. The zero-order valence-corrected chi connectivity index (χ0v) is 7.09. The molecule has 0 aromatic rings. The molecular weight excluding hydrogens is 141 g/mol. The Morgan fingerprint density at radius 3 is 2.73 bits per heavy atom. The third-order valence-electron chi connectivity index (χ3n) is 1.53. The Bertz CT molecular complexity index is 121. The van der Waals surface area contributed by atoms with Gasteiger partial charge >= 0.3 is 0 Å². The summed E-state index contributed by atoms with van der Waals surface area (Å²) in [5.74, 6) is 0. The lowest BCUT2D eigenvalue weighted by molar-refractivity contribution is 0.331. The standard InChI is InChI=1S/C8H13N.CH3F/c1-2-6-9-7-4-3-5-8-9;1-2/h2-4H,1,5-8H2;1H3. The van der Waals surface area contributed by atoms with Crippen molar-refractivity contribution in [2.24, 2.45) is 0 Å². The molecule has 1 rings (SSSR count). The molecule has 1 heterocycles. The molecule has 0 amide bonds. The zero-order valence-electron chi connectivity index (χ0n) is 7.09. The maximum absolute atomic E-state index is 9.50. The fraction of sp³-hybridized carbons (Fsp3) is 0.556. The first-order chi connectivity index (χ1) is 5.43. The average molecular weight is 157 g/mol. The molecule has 1 aliphatic heterocycles. The number of alkyl halides is 1. The third kappa shape index (κ3) is 4.73. The third-order valence-corrected chi connectivity index (χ3v) is 1.53. The van der Waals surface area contributed by atoms with Gasteiger partial charge in [-0.2, -0.15) is 0 Å². The molecular formula is C9H16FN. The van der Waals surface area contributed by atoms with Crippen molar-refractivity contribution in [3.05, 3.63) is 24.8 Å². The average Bonchev–Trinajstić information content (AvgIpc) is 2.11. The highest BCUT2D eigenvalue weighted by atomic mass is 19.1. The van der Waals surface area contributed by atoms with Gasteiger partial charge in [-0.25, -0.2) is 0 Å². The fourth-order valence-electron chi connectivity index (χ4n) is 1.04. The Morgan fingerprint density at radius 1 is 1.55 bits per heavy atom. The summed E-state index contributed by atoms with van der Waals surface area (Å²) in [5.41, 5.74) is 0. The second-order valence-corrected chi connectivity index (χ2v) is 2.31. The lowest BCUT2D eigenvalue weighted by Crippen LogP contribution is -2.26. The van der Waals surface area contributed by atoms with Crippen molar-refractivity contribution >= 4 is 0 Å². The smallest absolute Gasteiger partial charge is 0.0785 e. The maximum atomic E-state index is 9.50. The van der Waals surface area contributed by atoms with Gasteiger partial charge in [0.05, 0.1) is 7.18 Å². The quantitative estimate of drug-likeness (QED) is 0.554. The van der Waals surface area contributed by atoms with Gasteiger partial charge in [0.2, 0.25) is 0 Å². The number of hydrogen-bond donors (Lipinski definition) is 0. The molecule has 1 aliphatic rings. The fourth-order valence-corrected chi connectivity index (χ4v) is 1.04. The summed E-state index contributed by atoms with van der Waals surface area (Å²) >= 11 is 0. The molecule has 0 aromatic carbocycles. The van der Waals surface area contributed by atoms with Crippen LogP contribution in [0.4, 0.5) is 4.39 Å². The van der Waals surface area contributed by atoms with Crippen LogP contribution in [0.15, 0.2) is 24.8 Å². The summed E-state index contributed by atoms with van der Waals surface area (Å²) in [4.78, 5) is 2.37. The van der Waals surface area contributed by atoms with Crippen LogP contribution >= 0.6 is 0 Å². The van der Waals surface area contributed by atoms with Crippen molar-refractivity contribution in [3.8, 4) is 0 Å². The van der Waals surface area contributed by atoms with Gasteiger partial charge in [-0.1, -0.05) is 18.2 Å². The highest BCUT2D eigenvalue weighted by molar-refractivity contribution is 4.92. The number of hydrogen-bond acceptors (Lipinski definition) is 1. The predicted octanol–water partition coefficient (Wildman–Crippen LogP) is 2.02. The molecule has 0 unspecified atom stereocenters. The van der Waals surface area contributed by atoms with Gasteiger partial charge in [0, 0.05) is 19.6 Å². The Balaban J connectivity index is 0.000000461. The van der Waals surface area contributed by atoms with Gasteiger partial charge in [-0.15, -0.1) is 6.58 Å². The molecule has 2 heteroatoms. The topological polar surface area (TPSA) is 3.24 Å². The van der Waals surface area contributed by atoms with Crippen LogP contribution < -0.4 is 0 Å². The Hall–Kier alpha value is -0.630. The van der Waals surface area contributed by atoms with Crippen molar-refractivity contribution in [2.75, 3.05) is 26.8 Å². The number of nitrogens with zero attached hydrogens (tertiary/aromatic N) is 1. The van der Waals surface area contributed by atoms with Crippen LogP contribution in [0.2, 0.25) is 0 Å². The van der Waals surface area contributed by atoms with Crippen LogP contribution in [0.25, 0.3) is 0 Å². The lowest BCUT2D eigenvalue weighted by atomic mass is 10.2. The SMILES string of the molecule is C=CCN1CC=CCC1.CF. The Labute approximate surface area is 68.2 Å². The van der Waals surface area contributed by atoms with Gasteiger partial charge in [0.25, 0.3) is 0 Å². The summed E-state index contributed by atoms with van der Waals surface area (Å²) in [6.07, 6.45) is 7.61. The predicted molar refractivity (Wildman–Crippen MR) is 47.4 cm³/mol. The van der Waals surface area contributed by atoms with E-state index in [1.165, 1.54) is 13.0 Å². The van der Waals surface area contributed by atoms with Gasteiger partial charge in [-0.3, -0.25) is 9.29 Å². The first-order valence-electron chi connectivity index (χ1n) is 3.79. The number of rotatable bonds is 2. The van der Waals surface area contributed by atoms with E-state index in [-0.39, 0.29) is 0 Å². The van der Waals surface area contributed by atoms with Crippen LogP contribution in [-0.2, 0) is 0 Å². The highest BCUT2D eigenvalue weighted by Crippen LogP contribution is 1.99. The van der Waals surface area contributed by atoms with Crippen molar-refractivity contribution < 1.29 is 4.39 Å². The summed E-state index contributed by atoms with van der Waals surface area (Å²) in [6, 6.07) is 0. The molecule has 0 atom stereocenters. The molecule has 0 saturated carbocycles. The normalized spacial score (nSPS) is 16.9. The van der Waals surface area contributed by atoms with Gasteiger partial charge in [0.15, 0.2) is 0 Å². The van der Waals surface area contributed by atoms with E-state index >= 15 is 0 Å². The molecule has 64 valence electrons. The summed E-state index contributed by atoms with van der Waals surface area (Å²) in [5, 5.41) is 0. The van der Waals surface area contributed by atoms with E-state index in [2.05, 4.69) is 23.6 Å². The van der Waals surface area contributed by atoms with Gasteiger partial charge in [0.1, 0.15) is 0 Å². The molecule has 0 aliphatic carbocycles. The van der Waals surface area contributed by atoms with Crippen molar-refractivity contribution in [1.82, 2.24) is 4.90 Å². The minimum atomic E-state index is 0.500. The van der Waals surface area contributed by atoms with Crippen LogP contribution in [0, 0.1) is 0 Å². The zero-order chi connectivity index (χ0) is 8.53. The van der Waals surface area contributed by atoms with E-state index in [1.54, 1.807) is 0 Å².